The fourth-order valence-electron chi connectivity index (χ4n) is 7.71. The van der Waals surface area contributed by atoms with Crippen molar-refractivity contribution in [2.75, 3.05) is 4.90 Å². The Hall–Kier alpha value is -7.49. The summed E-state index contributed by atoms with van der Waals surface area (Å²) in [6.07, 6.45) is 3.65. The topological polar surface area (TPSA) is 29.3 Å². The fourth-order valence-corrected chi connectivity index (χ4v) is 7.71. The van der Waals surface area contributed by atoms with Gasteiger partial charge in [-0.15, -0.1) is 0 Å². The number of aromatic nitrogens is 1. The van der Waals surface area contributed by atoms with Crippen LogP contribution in [0.25, 0.3) is 77.6 Å². The molecule has 2 aromatic heterocycles. The molecule has 0 bridgehead atoms. The summed E-state index contributed by atoms with van der Waals surface area (Å²) in [6, 6.07) is 73.4. The third kappa shape index (κ3) is 6.31. The number of hydrogen-bond donors (Lipinski definition) is 0. The van der Waals surface area contributed by atoms with Crippen molar-refractivity contribution in [3.05, 3.63) is 219 Å². The number of pyridine rings is 1. The molecule has 264 valence electrons. The molecule has 0 spiro atoms. The summed E-state index contributed by atoms with van der Waals surface area (Å²) in [5.74, 6) is 0. The van der Waals surface area contributed by atoms with Crippen LogP contribution in [0.2, 0.25) is 0 Å². The molecule has 0 atom stereocenters. The monoisotopic (exact) mass is 716 g/mol. The smallest absolute Gasteiger partial charge is 0.143 e. The number of hydrogen-bond acceptors (Lipinski definition) is 3. The van der Waals surface area contributed by atoms with Gasteiger partial charge in [-0.1, -0.05) is 158 Å². The molecule has 10 rings (SSSR count). The van der Waals surface area contributed by atoms with Gasteiger partial charge in [0.15, 0.2) is 0 Å². The number of nitrogens with zero attached hydrogens (tertiary/aromatic N) is 2. The second kappa shape index (κ2) is 14.4. The number of benzene rings is 8. The van der Waals surface area contributed by atoms with E-state index in [1.54, 1.807) is 6.20 Å². The van der Waals surface area contributed by atoms with Crippen LogP contribution in [-0.4, -0.2) is 4.98 Å². The first-order chi connectivity index (χ1) is 27.7. The van der Waals surface area contributed by atoms with Crippen LogP contribution in [-0.2, 0) is 0 Å². The summed E-state index contributed by atoms with van der Waals surface area (Å²) in [4.78, 5) is 6.64. The molecule has 0 aliphatic rings. The first-order valence-electron chi connectivity index (χ1n) is 18.9. The highest BCUT2D eigenvalue weighted by Crippen LogP contribution is 2.39. The molecule has 10 aromatic rings. The third-order valence-corrected chi connectivity index (χ3v) is 10.6. The van der Waals surface area contributed by atoms with Crippen LogP contribution in [0.5, 0.6) is 0 Å². The number of anilines is 3. The predicted octanol–water partition coefficient (Wildman–Crippen LogP) is 14.8. The lowest BCUT2D eigenvalue weighted by molar-refractivity contribution is 0.669. The van der Waals surface area contributed by atoms with Gasteiger partial charge in [-0.3, -0.25) is 4.98 Å². The molecule has 56 heavy (non-hydrogen) atoms. The normalized spacial score (nSPS) is 11.2. The average molecular weight is 717 g/mol. The Morgan fingerprint density at radius 1 is 0.339 bits per heavy atom. The molecule has 0 unspecified atom stereocenters. The van der Waals surface area contributed by atoms with Crippen molar-refractivity contribution < 1.29 is 4.42 Å². The van der Waals surface area contributed by atoms with Gasteiger partial charge in [-0.05, 0) is 98.6 Å². The van der Waals surface area contributed by atoms with E-state index in [1.165, 1.54) is 33.4 Å². The maximum absolute atomic E-state index is 6.32. The molecule has 3 heteroatoms. The molecule has 0 saturated carbocycles. The molecule has 0 N–H and O–H groups in total. The van der Waals surface area contributed by atoms with E-state index in [9.17, 15) is 0 Å². The minimum absolute atomic E-state index is 0.852. The van der Waals surface area contributed by atoms with Crippen molar-refractivity contribution in [3.8, 4) is 55.6 Å². The van der Waals surface area contributed by atoms with Crippen LogP contribution in [0.15, 0.2) is 223 Å². The van der Waals surface area contributed by atoms with Crippen LogP contribution in [0.1, 0.15) is 0 Å². The zero-order valence-corrected chi connectivity index (χ0v) is 30.6. The van der Waals surface area contributed by atoms with Crippen LogP contribution in [0.4, 0.5) is 17.1 Å². The summed E-state index contributed by atoms with van der Waals surface area (Å²) in [5.41, 5.74) is 16.7. The fraction of sp³-hybridized carbons (Fsp3) is 0. The van der Waals surface area contributed by atoms with E-state index < -0.39 is 0 Å². The molecule has 0 aliphatic carbocycles. The lowest BCUT2D eigenvalue weighted by Crippen LogP contribution is -2.09. The molecule has 0 fully saturated rings. The van der Waals surface area contributed by atoms with Gasteiger partial charge in [0.1, 0.15) is 11.2 Å². The Labute approximate surface area is 326 Å². The largest absolute Gasteiger partial charge is 0.455 e. The molecule has 0 saturated heterocycles. The van der Waals surface area contributed by atoms with Crippen molar-refractivity contribution in [1.82, 2.24) is 4.98 Å². The van der Waals surface area contributed by atoms with Gasteiger partial charge in [-0.25, -0.2) is 0 Å². The van der Waals surface area contributed by atoms with E-state index in [-0.39, 0.29) is 0 Å². The van der Waals surface area contributed by atoms with Gasteiger partial charge in [-0.2, -0.15) is 0 Å². The van der Waals surface area contributed by atoms with Gasteiger partial charge in [0.25, 0.3) is 0 Å². The summed E-state index contributed by atoms with van der Waals surface area (Å²) < 4.78 is 6.32. The molecule has 2 heterocycles. The molecule has 3 nitrogen and oxygen atoms in total. The highest BCUT2D eigenvalue weighted by Gasteiger charge is 2.15. The van der Waals surface area contributed by atoms with Crippen molar-refractivity contribution in [2.45, 2.75) is 0 Å². The molecule has 0 amide bonds. The van der Waals surface area contributed by atoms with Gasteiger partial charge >= 0.3 is 0 Å². The minimum Gasteiger partial charge on any atom is -0.455 e. The predicted molar refractivity (Wildman–Crippen MR) is 233 cm³/mol. The minimum atomic E-state index is 0.852. The quantitative estimate of drug-likeness (QED) is 0.157. The number of furan rings is 1. The standard InChI is InChI=1S/C53H36N2O/c1-3-9-37(10-4-1)40-21-27-46(28-22-40)55(47-29-23-41(24-30-47)38-11-5-2-6-12-38)48-31-25-42(26-32-48)39-17-19-43(20-18-39)44-13-7-14-45(35-44)49-15-8-16-50-51-36-54-34-33-52(51)56-53(49)50/h1-36H. The summed E-state index contributed by atoms with van der Waals surface area (Å²) in [7, 11) is 0. The molecular formula is C53H36N2O. The SMILES string of the molecule is c1ccc(-c2ccc(N(c3ccc(-c4ccccc4)cc3)c3ccc(-c4ccc(-c5cccc(-c6cccc7c6oc6ccncc67)c5)cc4)cc3)cc2)cc1. The number of fused-ring (bicyclic) bond motifs is 3. The first-order valence-corrected chi connectivity index (χ1v) is 18.9. The van der Waals surface area contributed by atoms with E-state index in [4.69, 9.17) is 4.42 Å². The highest BCUT2D eigenvalue weighted by molar-refractivity contribution is 6.09. The molecule has 0 radical (unpaired) electrons. The Kier molecular flexibility index (Phi) is 8.51. The number of para-hydroxylation sites is 1. The maximum atomic E-state index is 6.32. The van der Waals surface area contributed by atoms with E-state index in [2.05, 4.69) is 210 Å². The van der Waals surface area contributed by atoms with Crippen LogP contribution >= 0.6 is 0 Å². The van der Waals surface area contributed by atoms with Crippen molar-refractivity contribution in [2.24, 2.45) is 0 Å². The Morgan fingerprint density at radius 2 is 0.768 bits per heavy atom. The van der Waals surface area contributed by atoms with Gasteiger partial charge in [0, 0.05) is 45.8 Å². The van der Waals surface area contributed by atoms with Crippen molar-refractivity contribution in [1.29, 1.82) is 0 Å². The van der Waals surface area contributed by atoms with E-state index in [0.29, 0.717) is 0 Å². The average Bonchev–Trinajstić information content (AvgIpc) is 3.67. The van der Waals surface area contributed by atoms with Crippen LogP contribution in [0.3, 0.4) is 0 Å². The van der Waals surface area contributed by atoms with Gasteiger partial charge in [0.2, 0.25) is 0 Å². The van der Waals surface area contributed by atoms with Crippen LogP contribution in [0, 0.1) is 0 Å². The highest BCUT2D eigenvalue weighted by atomic mass is 16.3. The summed E-state index contributed by atoms with van der Waals surface area (Å²) >= 11 is 0. The zero-order chi connectivity index (χ0) is 37.3. The van der Waals surface area contributed by atoms with E-state index >= 15 is 0 Å². The Balaban J connectivity index is 0.941. The summed E-state index contributed by atoms with van der Waals surface area (Å²) in [6.45, 7) is 0. The lowest BCUT2D eigenvalue weighted by Gasteiger charge is -2.26. The second-order valence-corrected chi connectivity index (χ2v) is 14.0. The molecule has 0 aliphatic heterocycles. The lowest BCUT2D eigenvalue weighted by atomic mass is 9.96. The van der Waals surface area contributed by atoms with E-state index in [1.807, 2.05) is 12.3 Å². The van der Waals surface area contributed by atoms with E-state index in [0.717, 1.165) is 61.3 Å². The van der Waals surface area contributed by atoms with Crippen molar-refractivity contribution in [3.63, 3.8) is 0 Å². The third-order valence-electron chi connectivity index (χ3n) is 10.6. The summed E-state index contributed by atoms with van der Waals surface area (Å²) in [5, 5.41) is 2.11. The number of rotatable bonds is 8. The van der Waals surface area contributed by atoms with Crippen LogP contribution < -0.4 is 4.90 Å². The molecule has 8 aromatic carbocycles. The van der Waals surface area contributed by atoms with Gasteiger partial charge < -0.3 is 9.32 Å². The molecular weight excluding hydrogens is 681 g/mol. The Bertz CT molecular complexity index is 2830. The second-order valence-electron chi connectivity index (χ2n) is 14.0. The first kappa shape index (κ1) is 33.1. The Morgan fingerprint density at radius 3 is 1.30 bits per heavy atom. The zero-order valence-electron chi connectivity index (χ0n) is 30.6. The van der Waals surface area contributed by atoms with Crippen molar-refractivity contribution >= 4 is 39.0 Å². The van der Waals surface area contributed by atoms with Gasteiger partial charge in [0.05, 0.1) is 0 Å². The maximum Gasteiger partial charge on any atom is 0.143 e.